The van der Waals surface area contributed by atoms with Crippen LogP contribution in [0.4, 0.5) is 5.69 Å². The second kappa shape index (κ2) is 10.8. The van der Waals surface area contributed by atoms with E-state index < -0.39 is 64.7 Å². The molecule has 6 N–H and O–H groups in total. The van der Waals surface area contributed by atoms with E-state index in [1.807, 2.05) is 13.8 Å². The van der Waals surface area contributed by atoms with Crippen LogP contribution in [0.1, 0.15) is 48.2 Å². The lowest BCUT2D eigenvalue weighted by Crippen LogP contribution is -2.75. The van der Waals surface area contributed by atoms with Crippen molar-refractivity contribution in [1.82, 2.24) is 10.2 Å². The molecule has 3 aliphatic rings. The number of carbonyl (C=O) groups is 5. The van der Waals surface area contributed by atoms with Gasteiger partial charge in [-0.3, -0.25) is 24.0 Å². The van der Waals surface area contributed by atoms with Crippen LogP contribution in [0.5, 0.6) is 5.75 Å². The van der Waals surface area contributed by atoms with Crippen molar-refractivity contribution in [1.29, 1.82) is 0 Å². The van der Waals surface area contributed by atoms with E-state index in [9.17, 15) is 39.3 Å². The van der Waals surface area contributed by atoms with Gasteiger partial charge in [-0.15, -0.1) is 0 Å². The summed E-state index contributed by atoms with van der Waals surface area (Å²) in [4.78, 5) is 69.4. The van der Waals surface area contributed by atoms with Crippen LogP contribution in [0.2, 0.25) is 0 Å². The van der Waals surface area contributed by atoms with Crippen molar-refractivity contribution in [3.63, 3.8) is 0 Å². The fourth-order valence-corrected chi connectivity index (χ4v) is 7.09. The number of aromatic hydroxyl groups is 1. The van der Waals surface area contributed by atoms with Crippen molar-refractivity contribution >= 4 is 34.9 Å². The third-order valence-electron chi connectivity index (χ3n) is 8.90. The lowest BCUT2D eigenvalue weighted by molar-refractivity contribution is -0.190. The number of aliphatic hydroxyl groups is 2. The Morgan fingerprint density at radius 1 is 1.15 bits per heavy atom. The van der Waals surface area contributed by atoms with E-state index in [0.717, 1.165) is 0 Å². The maximum absolute atomic E-state index is 14.1. The third-order valence-corrected chi connectivity index (χ3v) is 8.90. The molecule has 7 atom stereocenters. The molecule has 0 bridgehead atoms. The maximum Gasteiger partial charge on any atom is 0.230 e. The lowest BCUT2D eigenvalue weighted by Gasteiger charge is -2.55. The summed E-state index contributed by atoms with van der Waals surface area (Å²) in [7, 11) is 6.75. The number of Topliss-reactive ketones (excluding diaryl/α,β-unsaturated/α-hetero) is 3. The lowest BCUT2D eigenvalue weighted by atomic mass is 9.52. The number of nitrogens with two attached hydrogens (primary N) is 1. The Hall–Kier alpha value is -3.35. The van der Waals surface area contributed by atoms with Gasteiger partial charge in [-0.05, 0) is 50.4 Å². The smallest absolute Gasteiger partial charge is 0.230 e. The molecule has 12 heteroatoms. The zero-order valence-corrected chi connectivity index (χ0v) is 24.3. The van der Waals surface area contributed by atoms with Crippen LogP contribution in [0.3, 0.4) is 0 Å². The summed E-state index contributed by atoms with van der Waals surface area (Å²) in [6, 6.07) is 0.738. The van der Waals surface area contributed by atoms with Crippen molar-refractivity contribution in [2.24, 2.45) is 35.3 Å². The SMILES string of the molecule is CC(C)CC(=O)NCc1cc(N(C)C)c2c(c1O)C(=O)C1C(=O)[C@@]3(O)C(=O)C(C(N)=O)C(O)[C@H](N(C)C)[C@H]3C[C@H]1C2. The average molecular weight is 573 g/mol. The second-order valence-corrected chi connectivity index (χ2v) is 12.5. The molecule has 41 heavy (non-hydrogen) atoms. The Kier molecular flexibility index (Phi) is 8.07. The number of anilines is 1. The van der Waals surface area contributed by atoms with Crippen molar-refractivity contribution in [2.75, 3.05) is 33.1 Å². The number of ketones is 3. The summed E-state index contributed by atoms with van der Waals surface area (Å²) >= 11 is 0. The summed E-state index contributed by atoms with van der Waals surface area (Å²) in [5.74, 6) is -9.63. The zero-order chi connectivity index (χ0) is 30.7. The monoisotopic (exact) mass is 572 g/mol. The molecule has 3 aliphatic carbocycles. The number of rotatable bonds is 7. The van der Waals surface area contributed by atoms with Crippen LogP contribution in [-0.2, 0) is 32.1 Å². The van der Waals surface area contributed by atoms with Gasteiger partial charge in [-0.1, -0.05) is 13.8 Å². The number of amides is 2. The molecule has 0 aliphatic heterocycles. The van der Waals surface area contributed by atoms with Crippen molar-refractivity contribution in [3.8, 4) is 5.75 Å². The number of aliphatic hydroxyl groups excluding tert-OH is 1. The molecule has 12 nitrogen and oxygen atoms in total. The Bertz CT molecular complexity index is 1310. The minimum atomic E-state index is -2.72. The van der Waals surface area contributed by atoms with E-state index in [0.29, 0.717) is 11.3 Å². The van der Waals surface area contributed by atoms with Crippen LogP contribution in [0.25, 0.3) is 0 Å². The van der Waals surface area contributed by atoms with E-state index in [2.05, 4.69) is 5.32 Å². The molecule has 0 saturated heterocycles. The number of hydrogen-bond acceptors (Lipinski definition) is 10. The topological polar surface area (TPSA) is 191 Å². The van der Waals surface area contributed by atoms with E-state index in [1.165, 1.54) is 0 Å². The maximum atomic E-state index is 14.1. The minimum Gasteiger partial charge on any atom is -0.507 e. The highest BCUT2D eigenvalue weighted by atomic mass is 16.3. The number of phenols is 1. The van der Waals surface area contributed by atoms with Gasteiger partial charge in [0.1, 0.15) is 11.7 Å². The molecule has 0 heterocycles. The number of nitrogens with zero attached hydrogens (tertiary/aromatic N) is 2. The first-order valence-electron chi connectivity index (χ1n) is 13.8. The van der Waals surface area contributed by atoms with Crippen LogP contribution in [0, 0.1) is 29.6 Å². The zero-order valence-electron chi connectivity index (χ0n) is 24.3. The molecule has 0 aromatic heterocycles. The Balaban J connectivity index is 1.81. The highest BCUT2D eigenvalue weighted by molar-refractivity contribution is 6.25. The Labute approximate surface area is 238 Å². The molecule has 1 aromatic rings. The first-order chi connectivity index (χ1) is 19.0. The number of nitrogens with one attached hydrogen (secondary N) is 1. The molecular formula is C29H40N4O8. The predicted molar refractivity (Wildman–Crippen MR) is 148 cm³/mol. The van der Waals surface area contributed by atoms with Crippen molar-refractivity contribution < 1.29 is 39.3 Å². The quantitative estimate of drug-likeness (QED) is 0.263. The van der Waals surface area contributed by atoms with E-state index in [1.54, 1.807) is 44.1 Å². The molecule has 224 valence electrons. The van der Waals surface area contributed by atoms with Gasteiger partial charge in [0, 0.05) is 50.3 Å². The first-order valence-corrected chi connectivity index (χ1v) is 13.8. The van der Waals surface area contributed by atoms with Gasteiger partial charge in [-0.25, -0.2) is 0 Å². The summed E-state index contributed by atoms with van der Waals surface area (Å²) in [5.41, 5.74) is 4.06. The molecule has 3 unspecified atom stereocenters. The van der Waals surface area contributed by atoms with E-state index in [4.69, 9.17) is 5.73 Å². The van der Waals surface area contributed by atoms with Gasteiger partial charge in [-0.2, -0.15) is 0 Å². The largest absolute Gasteiger partial charge is 0.507 e. The molecular weight excluding hydrogens is 532 g/mol. The Morgan fingerprint density at radius 3 is 2.32 bits per heavy atom. The summed E-state index contributed by atoms with van der Waals surface area (Å²) < 4.78 is 0. The highest BCUT2D eigenvalue weighted by Gasteiger charge is 2.69. The van der Waals surface area contributed by atoms with Gasteiger partial charge in [0.25, 0.3) is 0 Å². The van der Waals surface area contributed by atoms with Gasteiger partial charge in [0.15, 0.2) is 23.0 Å². The van der Waals surface area contributed by atoms with Crippen LogP contribution >= 0.6 is 0 Å². The second-order valence-electron chi connectivity index (χ2n) is 12.5. The number of primary amides is 1. The van der Waals surface area contributed by atoms with Crippen LogP contribution in [0.15, 0.2) is 6.07 Å². The number of fused-ring (bicyclic) bond motifs is 3. The molecule has 0 spiro atoms. The van der Waals surface area contributed by atoms with Crippen LogP contribution < -0.4 is 16.0 Å². The van der Waals surface area contributed by atoms with E-state index in [-0.39, 0.29) is 54.5 Å². The van der Waals surface area contributed by atoms with Gasteiger partial charge in [0.2, 0.25) is 11.8 Å². The first kappa shape index (κ1) is 30.6. The molecule has 1 aromatic carbocycles. The number of carbonyl (C=O) groups excluding carboxylic acids is 5. The molecule has 2 saturated carbocycles. The molecule has 0 radical (unpaired) electrons. The number of likely N-dealkylation sites (N-methyl/N-ethyl adjacent to an activating group) is 1. The average Bonchev–Trinajstić information content (AvgIpc) is 2.84. The molecule has 2 amide bonds. The number of benzene rings is 1. The summed E-state index contributed by atoms with van der Waals surface area (Å²) in [6.07, 6.45) is -1.04. The van der Waals surface area contributed by atoms with E-state index >= 15 is 0 Å². The number of hydrogen-bond donors (Lipinski definition) is 5. The van der Waals surface area contributed by atoms with Gasteiger partial charge < -0.3 is 36.2 Å². The predicted octanol–water partition coefficient (Wildman–Crippen LogP) is -0.613. The van der Waals surface area contributed by atoms with Crippen molar-refractivity contribution in [2.45, 2.75) is 57.4 Å². The summed E-state index contributed by atoms with van der Waals surface area (Å²) in [6.45, 7) is 3.76. The number of phenolic OH excluding ortho intramolecular Hbond substituents is 1. The standard InChI is InChI=1S/C29H40N4O8/c1-12(2)7-18(34)31-11-14-10-17(32(3)4)15-8-13-9-16-22(33(5)6)25(37)21(28(30)40)27(39)29(16,41)26(38)19(13)24(36)20(15)23(14)35/h10,12-13,16,19,21-22,25,35,37,41H,7-9,11H2,1-6H3,(H2,30,40)(H,31,34)/t13-,16-,19?,21?,22-,25?,29-/m1/s1. The minimum absolute atomic E-state index is 0.0376. The van der Waals surface area contributed by atoms with Crippen molar-refractivity contribution in [3.05, 3.63) is 22.8 Å². The molecule has 2 fully saturated rings. The normalized spacial score (nSPS) is 31.0. The highest BCUT2D eigenvalue weighted by Crippen LogP contribution is 2.52. The third kappa shape index (κ3) is 4.81. The fraction of sp³-hybridized carbons (Fsp3) is 0.621. The fourth-order valence-electron chi connectivity index (χ4n) is 7.09. The van der Waals surface area contributed by atoms with Gasteiger partial charge in [0.05, 0.1) is 17.6 Å². The summed E-state index contributed by atoms with van der Waals surface area (Å²) in [5, 5.41) is 36.8. The van der Waals surface area contributed by atoms with Crippen LogP contribution in [-0.4, -0.2) is 95.3 Å². The Morgan fingerprint density at radius 2 is 1.78 bits per heavy atom. The molecule has 4 rings (SSSR count). The van der Waals surface area contributed by atoms with Gasteiger partial charge >= 0.3 is 0 Å².